The maximum absolute atomic E-state index is 12.9. The van der Waals surface area contributed by atoms with Crippen LogP contribution in [0.15, 0.2) is 32.7 Å². The predicted octanol–water partition coefficient (Wildman–Crippen LogP) is -0.163. The smallest absolute Gasteiger partial charge is 0.319 e. The molecule has 3 N–H and O–H groups in total. The second-order valence-electron chi connectivity index (χ2n) is 6.04. The summed E-state index contributed by atoms with van der Waals surface area (Å²) < 4.78 is 27.2. The van der Waals surface area contributed by atoms with Crippen molar-refractivity contribution in [1.82, 2.24) is 19.6 Å². The van der Waals surface area contributed by atoms with Crippen molar-refractivity contribution in [1.29, 1.82) is 0 Å². The first-order valence-corrected chi connectivity index (χ1v) is 9.27. The number of piperidine rings is 1. The van der Waals surface area contributed by atoms with Gasteiger partial charge >= 0.3 is 5.69 Å². The number of H-pyrrole nitrogens is 2. The van der Waals surface area contributed by atoms with Crippen LogP contribution in [0.2, 0.25) is 0 Å². The number of fused-ring (bicyclic) bond motifs is 1. The zero-order valence-electron chi connectivity index (χ0n) is 13.3. The van der Waals surface area contributed by atoms with Crippen LogP contribution in [0.1, 0.15) is 12.8 Å². The van der Waals surface area contributed by atoms with E-state index in [9.17, 15) is 18.0 Å². The number of rotatable bonds is 4. The molecule has 3 rings (SSSR count). The highest BCUT2D eigenvalue weighted by atomic mass is 32.2. The first-order valence-electron chi connectivity index (χ1n) is 7.83. The van der Waals surface area contributed by atoms with Gasteiger partial charge in [0, 0.05) is 13.1 Å². The van der Waals surface area contributed by atoms with Gasteiger partial charge in [0.05, 0.1) is 15.8 Å². The molecule has 8 nitrogen and oxygen atoms in total. The lowest BCUT2D eigenvalue weighted by atomic mass is 10.00. The summed E-state index contributed by atoms with van der Waals surface area (Å²) in [6, 6.07) is 4.20. The van der Waals surface area contributed by atoms with Crippen LogP contribution in [0.4, 0.5) is 0 Å². The zero-order chi connectivity index (χ0) is 17.3. The Bertz CT molecular complexity index is 961. The van der Waals surface area contributed by atoms with Crippen molar-refractivity contribution in [2.75, 3.05) is 26.7 Å². The average molecular weight is 352 g/mol. The van der Waals surface area contributed by atoms with E-state index in [0.717, 1.165) is 19.4 Å². The monoisotopic (exact) mass is 352 g/mol. The van der Waals surface area contributed by atoms with Gasteiger partial charge in [0.2, 0.25) is 10.0 Å². The Balaban J connectivity index is 1.99. The molecule has 0 amide bonds. The van der Waals surface area contributed by atoms with Gasteiger partial charge in [-0.05, 0) is 50.6 Å². The Morgan fingerprint density at radius 1 is 1.29 bits per heavy atom. The van der Waals surface area contributed by atoms with Gasteiger partial charge < -0.3 is 10.3 Å². The Labute approximate surface area is 138 Å². The molecular formula is C15H20N4O4S. The topological polar surface area (TPSA) is 115 Å². The van der Waals surface area contributed by atoms with Crippen molar-refractivity contribution in [3.63, 3.8) is 0 Å². The first kappa shape index (κ1) is 16.9. The molecule has 0 spiro atoms. The summed E-state index contributed by atoms with van der Waals surface area (Å²) in [6.45, 7) is 1.70. The second kappa shape index (κ2) is 6.50. The van der Waals surface area contributed by atoms with E-state index in [1.54, 1.807) is 0 Å². The number of sulfonamides is 1. The quantitative estimate of drug-likeness (QED) is 0.707. The minimum absolute atomic E-state index is 0.0673. The SMILES string of the molecule is CNC[C@H]1CCCN(S(=O)(=O)c2ccc3[nH]c(=O)[nH]c(=O)c3c2)C1. The van der Waals surface area contributed by atoms with Gasteiger partial charge in [-0.2, -0.15) is 4.31 Å². The molecule has 0 radical (unpaired) electrons. The van der Waals surface area contributed by atoms with E-state index in [-0.39, 0.29) is 16.2 Å². The number of aromatic nitrogens is 2. The van der Waals surface area contributed by atoms with Crippen LogP contribution in [0.3, 0.4) is 0 Å². The van der Waals surface area contributed by atoms with E-state index in [1.807, 2.05) is 7.05 Å². The molecule has 130 valence electrons. The van der Waals surface area contributed by atoms with Crippen LogP contribution in [-0.4, -0.2) is 49.4 Å². The van der Waals surface area contributed by atoms with E-state index >= 15 is 0 Å². The molecule has 0 saturated carbocycles. The number of nitrogens with zero attached hydrogens (tertiary/aromatic N) is 1. The summed E-state index contributed by atoms with van der Waals surface area (Å²) in [4.78, 5) is 27.9. The molecule has 1 saturated heterocycles. The summed E-state index contributed by atoms with van der Waals surface area (Å²) in [7, 11) is -1.82. The third-order valence-electron chi connectivity index (χ3n) is 4.32. The summed E-state index contributed by atoms with van der Waals surface area (Å²) in [5, 5.41) is 3.24. The molecule has 9 heteroatoms. The third kappa shape index (κ3) is 3.14. The van der Waals surface area contributed by atoms with E-state index in [2.05, 4.69) is 15.3 Å². The summed E-state index contributed by atoms with van der Waals surface area (Å²) >= 11 is 0. The average Bonchev–Trinajstić information content (AvgIpc) is 2.55. The third-order valence-corrected chi connectivity index (χ3v) is 6.18. The molecule has 0 bridgehead atoms. The lowest BCUT2D eigenvalue weighted by Gasteiger charge is -2.31. The molecule has 1 atom stereocenters. The minimum atomic E-state index is -3.67. The normalized spacial score (nSPS) is 19.6. The lowest BCUT2D eigenvalue weighted by Crippen LogP contribution is -2.42. The Morgan fingerprint density at radius 3 is 2.83 bits per heavy atom. The van der Waals surface area contributed by atoms with Crippen molar-refractivity contribution in [3.8, 4) is 0 Å². The molecule has 1 aromatic carbocycles. The fraction of sp³-hybridized carbons (Fsp3) is 0.467. The second-order valence-corrected chi connectivity index (χ2v) is 7.98. The molecule has 1 aromatic heterocycles. The van der Waals surface area contributed by atoms with Crippen molar-refractivity contribution in [3.05, 3.63) is 39.0 Å². The largest absolute Gasteiger partial charge is 0.326 e. The lowest BCUT2D eigenvalue weighted by molar-refractivity contribution is 0.263. The number of hydrogen-bond donors (Lipinski definition) is 3. The first-order chi connectivity index (χ1) is 11.4. The molecule has 1 aliphatic rings. The Morgan fingerprint density at radius 2 is 2.08 bits per heavy atom. The van der Waals surface area contributed by atoms with Crippen molar-refractivity contribution >= 4 is 20.9 Å². The van der Waals surface area contributed by atoms with Gasteiger partial charge in [-0.15, -0.1) is 0 Å². The molecule has 2 aromatic rings. The van der Waals surface area contributed by atoms with Gasteiger partial charge in [0.15, 0.2) is 0 Å². The van der Waals surface area contributed by atoms with Gasteiger partial charge in [-0.1, -0.05) is 0 Å². The van der Waals surface area contributed by atoms with Crippen LogP contribution in [0.25, 0.3) is 10.9 Å². The number of nitrogens with one attached hydrogen (secondary N) is 3. The van der Waals surface area contributed by atoms with Crippen LogP contribution in [-0.2, 0) is 10.0 Å². The summed E-state index contributed by atoms with van der Waals surface area (Å²) in [6.07, 6.45) is 1.80. The van der Waals surface area contributed by atoms with E-state index < -0.39 is 21.3 Å². The van der Waals surface area contributed by atoms with Crippen LogP contribution >= 0.6 is 0 Å². The molecule has 0 unspecified atom stereocenters. The van der Waals surface area contributed by atoms with Gasteiger partial charge in [-0.3, -0.25) is 9.78 Å². The molecule has 2 heterocycles. The highest BCUT2D eigenvalue weighted by Crippen LogP contribution is 2.24. The van der Waals surface area contributed by atoms with Crippen molar-refractivity contribution < 1.29 is 8.42 Å². The molecule has 0 aliphatic carbocycles. The molecular weight excluding hydrogens is 332 g/mol. The van der Waals surface area contributed by atoms with Gasteiger partial charge in [0.25, 0.3) is 5.56 Å². The standard InChI is InChI=1S/C15H20N4O4S/c1-16-8-10-3-2-6-19(9-10)24(22,23)11-4-5-13-12(7-11)14(20)18-15(21)17-13/h4-5,7,10,16H,2-3,6,8-9H2,1H3,(H2,17,18,20,21)/t10-/m1/s1. The van der Waals surface area contributed by atoms with E-state index in [4.69, 9.17) is 0 Å². The summed E-state index contributed by atoms with van der Waals surface area (Å²) in [5.74, 6) is 0.277. The number of benzene rings is 1. The van der Waals surface area contributed by atoms with Gasteiger partial charge in [0.1, 0.15) is 0 Å². The molecule has 24 heavy (non-hydrogen) atoms. The molecule has 1 fully saturated rings. The maximum Gasteiger partial charge on any atom is 0.326 e. The maximum atomic E-state index is 12.9. The zero-order valence-corrected chi connectivity index (χ0v) is 14.1. The van der Waals surface area contributed by atoms with Crippen LogP contribution in [0.5, 0.6) is 0 Å². The van der Waals surface area contributed by atoms with Gasteiger partial charge in [-0.25, -0.2) is 13.2 Å². The van der Waals surface area contributed by atoms with Crippen LogP contribution in [0, 0.1) is 5.92 Å². The fourth-order valence-corrected chi connectivity index (χ4v) is 4.74. The predicted molar refractivity (Wildman–Crippen MR) is 90.6 cm³/mol. The Kier molecular flexibility index (Phi) is 4.57. The highest BCUT2D eigenvalue weighted by molar-refractivity contribution is 7.89. The number of hydrogen-bond acceptors (Lipinski definition) is 5. The Hall–Kier alpha value is -1.97. The highest BCUT2D eigenvalue weighted by Gasteiger charge is 2.30. The minimum Gasteiger partial charge on any atom is -0.319 e. The van der Waals surface area contributed by atoms with E-state index in [0.29, 0.717) is 18.6 Å². The number of aromatic amines is 2. The van der Waals surface area contributed by atoms with Crippen molar-refractivity contribution in [2.24, 2.45) is 5.92 Å². The van der Waals surface area contributed by atoms with Crippen LogP contribution < -0.4 is 16.6 Å². The summed E-state index contributed by atoms with van der Waals surface area (Å²) in [5.41, 5.74) is -0.902. The van der Waals surface area contributed by atoms with Crippen molar-refractivity contribution in [2.45, 2.75) is 17.7 Å². The molecule has 1 aliphatic heterocycles. The fourth-order valence-electron chi connectivity index (χ4n) is 3.15. The van der Waals surface area contributed by atoms with E-state index in [1.165, 1.54) is 22.5 Å².